The van der Waals surface area contributed by atoms with Gasteiger partial charge in [-0.15, -0.1) is 0 Å². The first-order valence-electron chi connectivity index (χ1n) is 8.35. The summed E-state index contributed by atoms with van der Waals surface area (Å²) in [5, 5.41) is 0. The van der Waals surface area contributed by atoms with Crippen molar-refractivity contribution in [2.45, 2.75) is 103 Å². The van der Waals surface area contributed by atoms with Crippen LogP contribution in [0.4, 0.5) is 0 Å². The van der Waals surface area contributed by atoms with Crippen LogP contribution in [0.2, 0.25) is 0 Å². The molecular weight excluding hydrogens is 382 g/mol. The van der Waals surface area contributed by atoms with Crippen molar-refractivity contribution in [3.05, 3.63) is 0 Å². The third-order valence-corrected chi connectivity index (χ3v) is 3.68. The summed E-state index contributed by atoms with van der Waals surface area (Å²) in [6.45, 7) is 2.28. The number of carbonyl (C=O) groups excluding carboxylic acids is 1. The molecule has 0 radical (unpaired) electrons. The van der Waals surface area contributed by atoms with Crippen molar-refractivity contribution < 1.29 is 10.5 Å². The van der Waals surface area contributed by atoms with Gasteiger partial charge in [-0.2, -0.15) is 0 Å². The summed E-state index contributed by atoms with van der Waals surface area (Å²) >= 11 is 0. The van der Waals surface area contributed by atoms with Crippen molar-refractivity contribution in [2.24, 2.45) is 0 Å². The van der Waals surface area contributed by atoms with Gasteiger partial charge in [-0.1, -0.05) is 90.4 Å². The minimum Gasteiger partial charge on any atom is -1.00 e. The van der Waals surface area contributed by atoms with Crippen molar-refractivity contribution in [3.63, 3.8) is 0 Å². The van der Waals surface area contributed by atoms with Gasteiger partial charge in [0.15, 0.2) is 0 Å². The number of unbranched alkanes of at least 4 members (excludes halogenated alkanes) is 14. The van der Waals surface area contributed by atoms with Crippen LogP contribution in [-0.2, 0) is 4.79 Å². The van der Waals surface area contributed by atoms with Gasteiger partial charge in [0, 0.05) is 6.42 Å². The van der Waals surface area contributed by atoms with Crippen LogP contribution in [0.3, 0.4) is 0 Å². The second-order valence-electron chi connectivity index (χ2n) is 5.55. The molecule has 0 fully saturated rings. The van der Waals surface area contributed by atoms with E-state index in [0.29, 0.717) is 0 Å². The molecule has 0 aliphatic carbocycles. The quantitative estimate of drug-likeness (QED) is 0.188. The molecule has 0 unspecified atom stereocenters. The Morgan fingerprint density at radius 1 is 0.650 bits per heavy atom. The normalized spacial score (nSPS) is 9.65. The molecule has 0 bridgehead atoms. The van der Waals surface area contributed by atoms with Gasteiger partial charge in [-0.3, -0.25) is 0 Å². The monoisotopic (exact) mass is 420 g/mol. The summed E-state index contributed by atoms with van der Waals surface area (Å²) in [6, 6.07) is 0. The second-order valence-corrected chi connectivity index (χ2v) is 5.55. The molecule has 0 aromatic rings. The maximum absolute atomic E-state index is 10.1. The van der Waals surface area contributed by atoms with Crippen molar-refractivity contribution in [1.82, 2.24) is 0 Å². The van der Waals surface area contributed by atoms with E-state index in [2.05, 4.69) is 6.92 Å². The van der Waals surface area contributed by atoms with E-state index in [9.17, 15) is 4.79 Å². The molecule has 0 rings (SSSR count). The average molecular weight is 420 g/mol. The fraction of sp³-hybridized carbons (Fsp3) is 0.941. The van der Waals surface area contributed by atoms with Crippen LogP contribution in [0.15, 0.2) is 0 Å². The third kappa shape index (κ3) is 25.0. The molecule has 20 heavy (non-hydrogen) atoms. The van der Waals surface area contributed by atoms with E-state index < -0.39 is 0 Å². The van der Waals surface area contributed by atoms with Crippen LogP contribution in [0, 0.1) is 0 Å². The molecule has 0 N–H and O–H groups in total. The Balaban J connectivity index is -0.0000000963. The van der Waals surface area contributed by atoms with E-state index >= 15 is 0 Å². The summed E-state index contributed by atoms with van der Waals surface area (Å²) in [5.74, 6) is 0. The molecule has 0 heterocycles. The first kappa shape index (κ1) is 26.9. The summed E-state index contributed by atoms with van der Waals surface area (Å²) in [4.78, 5) is 10.1. The third-order valence-electron chi connectivity index (χ3n) is 3.68. The van der Waals surface area contributed by atoms with E-state index in [1.165, 1.54) is 83.5 Å². The minimum absolute atomic E-state index is 0. The molecule has 0 aromatic carbocycles. The van der Waals surface area contributed by atoms with Crippen LogP contribution in [0.1, 0.15) is 109 Å². The van der Waals surface area contributed by atoms with Gasteiger partial charge < -0.3 is 10.5 Å². The molecule has 0 aromatic heterocycles. The Hall–Kier alpha value is 2.01. The summed E-state index contributed by atoms with van der Waals surface area (Å²) in [6.07, 6.45) is 21.1. The van der Waals surface area contributed by atoms with Crippen LogP contribution in [0.5, 0.6) is 0 Å². The van der Waals surface area contributed by atoms with Gasteiger partial charge >= 0.3 is 71.9 Å². The summed E-state index contributed by atoms with van der Waals surface area (Å²) in [7, 11) is 0. The summed E-state index contributed by atoms with van der Waals surface area (Å²) < 4.78 is 0. The zero-order valence-corrected chi connectivity index (χ0v) is 19.9. The molecule has 0 saturated heterocycles. The van der Waals surface area contributed by atoms with Crippen molar-refractivity contribution in [2.75, 3.05) is 0 Å². The van der Waals surface area contributed by atoms with Gasteiger partial charge in [0.25, 0.3) is 0 Å². The number of carbonyl (C=O) groups is 1. The topological polar surface area (TPSA) is 17.1 Å². The van der Waals surface area contributed by atoms with Crippen molar-refractivity contribution in [3.8, 4) is 0 Å². The Morgan fingerprint density at radius 2 is 0.950 bits per heavy atom. The van der Waals surface area contributed by atoms with E-state index in [4.69, 9.17) is 0 Å². The largest absolute Gasteiger partial charge is 2.00 e. The molecule has 116 valence electrons. The fourth-order valence-electron chi connectivity index (χ4n) is 2.42. The van der Waals surface area contributed by atoms with E-state index in [1.54, 1.807) is 0 Å². The standard InChI is InChI=1S/C17H34O.Ba.Mg.4H/c1-2-3-4-5-6-7-8-9-10-11-12-13-14-15-16-17-18;;;;;;/h17H,2-16H2,1H3;;;;;;/q;2*+2;4*-1. The van der Waals surface area contributed by atoms with Gasteiger partial charge in [0.2, 0.25) is 0 Å². The molecular formula is C17H38BaMgO. The Labute approximate surface area is 190 Å². The molecule has 0 amide bonds. The van der Waals surface area contributed by atoms with Crippen LogP contribution < -0.4 is 0 Å². The van der Waals surface area contributed by atoms with E-state index in [-0.39, 0.29) is 77.6 Å². The molecule has 0 aliphatic heterocycles. The maximum atomic E-state index is 10.1. The second kappa shape index (κ2) is 25.9. The van der Waals surface area contributed by atoms with E-state index in [1.807, 2.05) is 0 Å². The molecule has 3 heteroatoms. The van der Waals surface area contributed by atoms with Crippen LogP contribution in [0.25, 0.3) is 0 Å². The Bertz CT molecular complexity index is 181. The number of hydrogen-bond donors (Lipinski definition) is 0. The first-order valence-corrected chi connectivity index (χ1v) is 8.35. The zero-order chi connectivity index (χ0) is 13.3. The van der Waals surface area contributed by atoms with Gasteiger partial charge in [0.05, 0.1) is 0 Å². The van der Waals surface area contributed by atoms with Gasteiger partial charge in [0.1, 0.15) is 6.29 Å². The molecule has 1 nitrogen and oxygen atoms in total. The smallest absolute Gasteiger partial charge is 1.00 e. The molecule has 0 atom stereocenters. The molecule has 0 spiro atoms. The van der Waals surface area contributed by atoms with Crippen molar-refractivity contribution in [1.29, 1.82) is 0 Å². The predicted octanol–water partition coefficient (Wildman–Crippen LogP) is 5.75. The summed E-state index contributed by atoms with van der Waals surface area (Å²) in [5.41, 5.74) is 0. The van der Waals surface area contributed by atoms with Crippen molar-refractivity contribution >= 4 is 78.2 Å². The number of rotatable bonds is 15. The zero-order valence-electron chi connectivity index (χ0n) is 18.0. The maximum Gasteiger partial charge on any atom is 2.00 e. The number of hydrogen-bond acceptors (Lipinski definition) is 1. The average Bonchev–Trinajstić information content (AvgIpc) is 2.39. The molecule has 0 saturated carbocycles. The molecule has 0 aliphatic rings. The first-order chi connectivity index (χ1) is 8.91. The Morgan fingerprint density at radius 3 is 1.25 bits per heavy atom. The van der Waals surface area contributed by atoms with Gasteiger partial charge in [-0.25, -0.2) is 0 Å². The van der Waals surface area contributed by atoms with E-state index in [0.717, 1.165) is 19.1 Å². The van der Waals surface area contributed by atoms with Crippen LogP contribution in [-0.4, -0.2) is 78.2 Å². The predicted molar refractivity (Wildman–Crippen MR) is 96.9 cm³/mol. The fourth-order valence-corrected chi connectivity index (χ4v) is 2.42. The minimum atomic E-state index is 0. The Kier molecular flexibility index (Phi) is 34.9. The van der Waals surface area contributed by atoms with Crippen LogP contribution >= 0.6 is 0 Å². The SMILES string of the molecule is CCCCCCCCCCCCCCCCC=O.[Ba+2].[H-].[H-].[H-].[H-].[Mg+2]. The van der Waals surface area contributed by atoms with Gasteiger partial charge in [-0.05, 0) is 6.42 Å². The number of aldehydes is 1.